The topological polar surface area (TPSA) is 70.2 Å². The van der Waals surface area contributed by atoms with Crippen LogP contribution in [0.4, 0.5) is 21.9 Å². The minimum Gasteiger partial charge on any atom is -0.322 e. The Kier molecular flexibility index (Phi) is 5.21. The predicted molar refractivity (Wildman–Crippen MR) is 117 cm³/mol. The first-order chi connectivity index (χ1) is 14.2. The van der Waals surface area contributed by atoms with E-state index >= 15 is 0 Å². The van der Waals surface area contributed by atoms with Crippen molar-refractivity contribution in [1.29, 1.82) is 0 Å². The lowest BCUT2D eigenvalue weighted by molar-refractivity contribution is 0.102. The number of nitrogens with one attached hydrogen (secondary N) is 3. The third-order valence-electron chi connectivity index (χ3n) is 4.44. The molecule has 0 aliphatic carbocycles. The molecule has 0 aliphatic rings. The molecule has 4 aromatic rings. The number of para-hydroxylation sites is 1. The molecule has 5 nitrogen and oxygen atoms in total. The van der Waals surface area contributed by atoms with E-state index in [-0.39, 0.29) is 11.9 Å². The highest BCUT2D eigenvalue weighted by molar-refractivity contribution is 6.13. The first-order valence-corrected chi connectivity index (χ1v) is 9.21. The van der Waals surface area contributed by atoms with E-state index in [1.54, 1.807) is 42.5 Å². The van der Waals surface area contributed by atoms with E-state index in [2.05, 4.69) is 16.0 Å². The summed E-state index contributed by atoms with van der Waals surface area (Å²) < 4.78 is 0. The van der Waals surface area contributed by atoms with Gasteiger partial charge in [0.15, 0.2) is 0 Å². The van der Waals surface area contributed by atoms with Crippen molar-refractivity contribution >= 4 is 39.8 Å². The Hall–Kier alpha value is -4.12. The molecule has 3 amide bonds. The maximum absolute atomic E-state index is 12.8. The molecule has 5 heteroatoms. The van der Waals surface area contributed by atoms with Crippen molar-refractivity contribution in [3.63, 3.8) is 0 Å². The Balaban J connectivity index is 1.47. The smallest absolute Gasteiger partial charge is 0.322 e. The lowest BCUT2D eigenvalue weighted by atomic mass is 10.0. The Morgan fingerprint density at radius 3 is 1.97 bits per heavy atom. The van der Waals surface area contributed by atoms with Gasteiger partial charge in [0.05, 0.1) is 0 Å². The minimum absolute atomic E-state index is 0.201. The quantitative estimate of drug-likeness (QED) is 0.422. The van der Waals surface area contributed by atoms with Crippen molar-refractivity contribution in [3.8, 4) is 0 Å². The molecule has 0 aliphatic heterocycles. The molecule has 3 N–H and O–H groups in total. The average molecular weight is 381 g/mol. The van der Waals surface area contributed by atoms with E-state index in [0.29, 0.717) is 22.6 Å². The summed E-state index contributed by atoms with van der Waals surface area (Å²) in [6.07, 6.45) is 0. The summed E-state index contributed by atoms with van der Waals surface area (Å²) >= 11 is 0. The Morgan fingerprint density at radius 2 is 1.14 bits per heavy atom. The maximum atomic E-state index is 12.8. The zero-order valence-corrected chi connectivity index (χ0v) is 15.6. The number of amides is 3. The monoisotopic (exact) mass is 381 g/mol. The highest BCUT2D eigenvalue weighted by Crippen LogP contribution is 2.21. The average Bonchev–Trinajstić information content (AvgIpc) is 2.74. The van der Waals surface area contributed by atoms with Gasteiger partial charge in [-0.15, -0.1) is 0 Å². The van der Waals surface area contributed by atoms with Gasteiger partial charge in [-0.25, -0.2) is 4.79 Å². The van der Waals surface area contributed by atoms with Gasteiger partial charge < -0.3 is 16.0 Å². The molecular formula is C24H19N3O2. The van der Waals surface area contributed by atoms with Gasteiger partial charge in [-0.3, -0.25) is 4.79 Å². The molecule has 0 atom stereocenters. The van der Waals surface area contributed by atoms with Gasteiger partial charge in [-0.05, 0) is 47.2 Å². The molecule has 0 unspecified atom stereocenters. The maximum Gasteiger partial charge on any atom is 0.323 e. The number of hydrogen-bond donors (Lipinski definition) is 3. The van der Waals surface area contributed by atoms with Crippen molar-refractivity contribution in [1.82, 2.24) is 0 Å². The minimum atomic E-state index is -0.353. The van der Waals surface area contributed by atoms with Gasteiger partial charge in [0.2, 0.25) is 0 Å². The van der Waals surface area contributed by atoms with Gasteiger partial charge in [-0.1, -0.05) is 60.7 Å². The number of carbonyl (C=O) groups excluding carboxylic acids is 2. The predicted octanol–water partition coefficient (Wildman–Crippen LogP) is 5.74. The van der Waals surface area contributed by atoms with E-state index in [1.165, 1.54) is 0 Å². The van der Waals surface area contributed by atoms with E-state index in [0.717, 1.165) is 10.8 Å². The number of anilines is 3. The lowest BCUT2D eigenvalue weighted by Gasteiger charge is -2.11. The third kappa shape index (κ3) is 4.42. The largest absolute Gasteiger partial charge is 0.323 e. The first kappa shape index (κ1) is 18.3. The molecule has 0 radical (unpaired) electrons. The summed E-state index contributed by atoms with van der Waals surface area (Å²) in [5, 5.41) is 10.3. The summed E-state index contributed by atoms with van der Waals surface area (Å²) in [5.41, 5.74) is 2.48. The summed E-state index contributed by atoms with van der Waals surface area (Å²) in [5.74, 6) is -0.201. The van der Waals surface area contributed by atoms with Gasteiger partial charge in [0.1, 0.15) is 0 Å². The molecule has 29 heavy (non-hydrogen) atoms. The SMILES string of the molecule is O=C(Nc1ccccc1)Nc1cccc(NC(=O)c2cccc3ccccc23)c1. The summed E-state index contributed by atoms with van der Waals surface area (Å²) in [7, 11) is 0. The lowest BCUT2D eigenvalue weighted by Crippen LogP contribution is -2.19. The summed E-state index contributed by atoms with van der Waals surface area (Å²) in [4.78, 5) is 25.0. The molecule has 4 aromatic carbocycles. The van der Waals surface area contributed by atoms with Crippen LogP contribution in [0, 0.1) is 0 Å². The molecule has 0 saturated heterocycles. The van der Waals surface area contributed by atoms with Crippen molar-refractivity contribution in [2.24, 2.45) is 0 Å². The van der Waals surface area contributed by atoms with Crippen LogP contribution in [0.2, 0.25) is 0 Å². The molecule has 0 bridgehead atoms. The van der Waals surface area contributed by atoms with Crippen LogP contribution < -0.4 is 16.0 Å². The van der Waals surface area contributed by atoms with Crippen LogP contribution in [0.3, 0.4) is 0 Å². The zero-order valence-electron chi connectivity index (χ0n) is 15.6. The highest BCUT2D eigenvalue weighted by atomic mass is 16.2. The van der Waals surface area contributed by atoms with Crippen LogP contribution in [0.15, 0.2) is 97.1 Å². The standard InChI is InChI=1S/C24H19N3O2/c28-23(22-15-6-9-17-8-4-5-14-21(17)22)25-19-12-7-13-20(16-19)27-24(29)26-18-10-2-1-3-11-18/h1-16H,(H,25,28)(H2,26,27,29). The fourth-order valence-corrected chi connectivity index (χ4v) is 3.11. The third-order valence-corrected chi connectivity index (χ3v) is 4.44. The Labute approximate surface area is 168 Å². The summed E-state index contributed by atoms with van der Waals surface area (Å²) in [6, 6.07) is 29.3. The van der Waals surface area contributed by atoms with Gasteiger partial charge in [-0.2, -0.15) is 0 Å². The van der Waals surface area contributed by atoms with Gasteiger partial charge >= 0.3 is 6.03 Å². The van der Waals surface area contributed by atoms with Crippen LogP contribution in [-0.2, 0) is 0 Å². The Morgan fingerprint density at radius 1 is 0.552 bits per heavy atom. The number of carbonyl (C=O) groups is 2. The van der Waals surface area contributed by atoms with Crippen LogP contribution in [0.1, 0.15) is 10.4 Å². The van der Waals surface area contributed by atoms with E-state index in [4.69, 9.17) is 0 Å². The molecule has 0 saturated carbocycles. The second kappa shape index (κ2) is 8.27. The van der Waals surface area contributed by atoms with Crippen molar-refractivity contribution in [2.75, 3.05) is 16.0 Å². The number of urea groups is 1. The van der Waals surface area contributed by atoms with Crippen molar-refractivity contribution < 1.29 is 9.59 Å². The molecule has 4 rings (SSSR count). The van der Waals surface area contributed by atoms with E-state index in [9.17, 15) is 9.59 Å². The fourth-order valence-electron chi connectivity index (χ4n) is 3.11. The van der Waals surface area contributed by atoms with Crippen molar-refractivity contribution in [3.05, 3.63) is 103 Å². The van der Waals surface area contributed by atoms with E-state index in [1.807, 2.05) is 54.6 Å². The van der Waals surface area contributed by atoms with Crippen LogP contribution in [-0.4, -0.2) is 11.9 Å². The summed E-state index contributed by atoms with van der Waals surface area (Å²) in [6.45, 7) is 0. The molecular weight excluding hydrogens is 362 g/mol. The number of rotatable bonds is 4. The fraction of sp³-hybridized carbons (Fsp3) is 0. The highest BCUT2D eigenvalue weighted by Gasteiger charge is 2.10. The van der Waals surface area contributed by atoms with Crippen LogP contribution in [0.25, 0.3) is 10.8 Å². The van der Waals surface area contributed by atoms with Gasteiger partial charge in [0, 0.05) is 22.6 Å². The molecule has 0 fully saturated rings. The number of fused-ring (bicyclic) bond motifs is 1. The molecule has 0 spiro atoms. The number of benzene rings is 4. The van der Waals surface area contributed by atoms with Crippen LogP contribution >= 0.6 is 0 Å². The number of hydrogen-bond acceptors (Lipinski definition) is 2. The normalized spacial score (nSPS) is 10.3. The second-order valence-corrected chi connectivity index (χ2v) is 6.51. The Bertz CT molecular complexity index is 1170. The molecule has 0 heterocycles. The van der Waals surface area contributed by atoms with E-state index < -0.39 is 0 Å². The van der Waals surface area contributed by atoms with Gasteiger partial charge in [0.25, 0.3) is 5.91 Å². The zero-order chi connectivity index (χ0) is 20.1. The molecule has 0 aromatic heterocycles. The van der Waals surface area contributed by atoms with Crippen molar-refractivity contribution in [2.45, 2.75) is 0 Å². The second-order valence-electron chi connectivity index (χ2n) is 6.51. The molecule has 142 valence electrons. The first-order valence-electron chi connectivity index (χ1n) is 9.21. The van der Waals surface area contributed by atoms with Crippen LogP contribution in [0.5, 0.6) is 0 Å².